The molecule has 0 radical (unpaired) electrons. The third-order valence-electron chi connectivity index (χ3n) is 5.98. The SMILES string of the molecule is O=C(O)c1cc(O)c(OCC23CC4CC(CC(C4)C2)C3)cc1F. The normalized spacial score (nSPS) is 34.6. The summed E-state index contributed by atoms with van der Waals surface area (Å²) in [4.78, 5) is 10.9. The first-order valence-corrected chi connectivity index (χ1v) is 8.33. The van der Waals surface area contributed by atoms with E-state index in [1.165, 1.54) is 19.3 Å². The van der Waals surface area contributed by atoms with E-state index in [0.717, 1.165) is 49.1 Å². The van der Waals surface area contributed by atoms with Gasteiger partial charge in [0.2, 0.25) is 0 Å². The van der Waals surface area contributed by atoms with Gasteiger partial charge in [0, 0.05) is 17.5 Å². The summed E-state index contributed by atoms with van der Waals surface area (Å²) in [5.41, 5.74) is -0.381. The minimum atomic E-state index is -1.40. The number of carboxylic acids is 1. The van der Waals surface area contributed by atoms with Crippen molar-refractivity contribution in [3.63, 3.8) is 0 Å². The number of carbonyl (C=O) groups is 1. The van der Waals surface area contributed by atoms with Gasteiger partial charge in [0.25, 0.3) is 0 Å². The van der Waals surface area contributed by atoms with Gasteiger partial charge in [-0.1, -0.05) is 0 Å². The van der Waals surface area contributed by atoms with Crippen LogP contribution in [-0.2, 0) is 0 Å². The quantitative estimate of drug-likeness (QED) is 0.885. The van der Waals surface area contributed by atoms with Crippen LogP contribution in [0.1, 0.15) is 48.9 Å². The Kier molecular flexibility index (Phi) is 3.29. The lowest BCUT2D eigenvalue weighted by Crippen LogP contribution is -2.48. The minimum Gasteiger partial charge on any atom is -0.504 e. The van der Waals surface area contributed by atoms with Crippen LogP contribution in [0.15, 0.2) is 12.1 Å². The molecule has 23 heavy (non-hydrogen) atoms. The number of phenols is 1. The topological polar surface area (TPSA) is 66.8 Å². The molecule has 0 spiro atoms. The minimum absolute atomic E-state index is 0.0447. The van der Waals surface area contributed by atoms with Crippen molar-refractivity contribution in [1.29, 1.82) is 0 Å². The van der Waals surface area contributed by atoms with Crippen LogP contribution in [0.5, 0.6) is 11.5 Å². The summed E-state index contributed by atoms with van der Waals surface area (Å²) in [5, 5.41) is 18.8. The average Bonchev–Trinajstić information content (AvgIpc) is 2.46. The van der Waals surface area contributed by atoms with Gasteiger partial charge in [-0.3, -0.25) is 0 Å². The van der Waals surface area contributed by atoms with Crippen LogP contribution in [0, 0.1) is 29.0 Å². The molecule has 1 aromatic carbocycles. The summed E-state index contributed by atoms with van der Waals surface area (Å²) in [6, 6.07) is 1.91. The lowest BCUT2D eigenvalue weighted by atomic mass is 9.50. The van der Waals surface area contributed by atoms with E-state index in [-0.39, 0.29) is 16.9 Å². The first-order valence-electron chi connectivity index (χ1n) is 8.33. The molecule has 0 heterocycles. The molecule has 4 aliphatic carbocycles. The largest absolute Gasteiger partial charge is 0.504 e. The number of hydrogen-bond donors (Lipinski definition) is 2. The van der Waals surface area contributed by atoms with Gasteiger partial charge in [-0.25, -0.2) is 9.18 Å². The van der Waals surface area contributed by atoms with Crippen molar-refractivity contribution in [1.82, 2.24) is 0 Å². The molecule has 0 aliphatic heterocycles. The fourth-order valence-corrected chi connectivity index (χ4v) is 5.52. The number of benzene rings is 1. The van der Waals surface area contributed by atoms with Gasteiger partial charge in [-0.05, 0) is 56.3 Å². The third-order valence-corrected chi connectivity index (χ3v) is 5.98. The van der Waals surface area contributed by atoms with Crippen LogP contribution in [0.3, 0.4) is 0 Å². The van der Waals surface area contributed by atoms with E-state index >= 15 is 0 Å². The maximum Gasteiger partial charge on any atom is 0.338 e. The van der Waals surface area contributed by atoms with Crippen LogP contribution in [0.25, 0.3) is 0 Å². The lowest BCUT2D eigenvalue weighted by molar-refractivity contribution is -0.0748. The fourth-order valence-electron chi connectivity index (χ4n) is 5.52. The van der Waals surface area contributed by atoms with E-state index in [2.05, 4.69) is 0 Å². The van der Waals surface area contributed by atoms with Gasteiger partial charge in [0.05, 0.1) is 12.2 Å². The molecule has 0 aromatic heterocycles. The number of aromatic hydroxyl groups is 1. The van der Waals surface area contributed by atoms with Crippen molar-refractivity contribution in [2.75, 3.05) is 6.61 Å². The predicted molar refractivity (Wildman–Crippen MR) is 81.1 cm³/mol. The zero-order valence-electron chi connectivity index (χ0n) is 12.9. The molecule has 124 valence electrons. The second kappa shape index (κ2) is 5.11. The van der Waals surface area contributed by atoms with Gasteiger partial charge in [-0.15, -0.1) is 0 Å². The molecule has 0 saturated heterocycles. The molecule has 5 heteroatoms. The highest BCUT2D eigenvalue weighted by Crippen LogP contribution is 2.60. The van der Waals surface area contributed by atoms with Crippen molar-refractivity contribution in [3.8, 4) is 11.5 Å². The summed E-state index contributed by atoms with van der Waals surface area (Å²) in [6.07, 6.45) is 7.51. The smallest absolute Gasteiger partial charge is 0.338 e. The Balaban J connectivity index is 1.51. The third kappa shape index (κ3) is 2.56. The molecule has 0 amide bonds. The Morgan fingerprint density at radius 1 is 1.17 bits per heavy atom. The van der Waals surface area contributed by atoms with Crippen LogP contribution in [0.2, 0.25) is 0 Å². The van der Waals surface area contributed by atoms with Crippen LogP contribution in [-0.4, -0.2) is 22.8 Å². The van der Waals surface area contributed by atoms with Crippen molar-refractivity contribution in [3.05, 3.63) is 23.5 Å². The molecule has 4 nitrogen and oxygen atoms in total. The second-order valence-electron chi connectivity index (χ2n) is 7.81. The number of phenolic OH excluding ortho intramolecular Hbond substituents is 1. The molecule has 4 fully saturated rings. The summed E-state index contributed by atoms with van der Waals surface area (Å²) in [6.45, 7) is 0.482. The van der Waals surface area contributed by atoms with E-state index in [1.807, 2.05) is 0 Å². The highest BCUT2D eigenvalue weighted by atomic mass is 19.1. The standard InChI is InChI=1S/C18H21FO4/c19-14-5-16(15(20)4-13(14)17(21)22)23-9-18-6-10-1-11(7-18)3-12(2-10)8-18/h4-5,10-12,20H,1-3,6-9H2,(H,21,22). The van der Waals surface area contributed by atoms with Crippen LogP contribution >= 0.6 is 0 Å². The van der Waals surface area contributed by atoms with Crippen molar-refractivity contribution in [2.45, 2.75) is 38.5 Å². The molecule has 1 aromatic rings. The predicted octanol–water partition coefficient (Wildman–Crippen LogP) is 3.82. The first kappa shape index (κ1) is 14.8. The molecule has 0 unspecified atom stereocenters. The monoisotopic (exact) mass is 320 g/mol. The summed E-state index contributed by atoms with van der Waals surface area (Å²) >= 11 is 0. The molecule has 0 atom stereocenters. The number of aromatic carboxylic acids is 1. The number of rotatable bonds is 4. The zero-order chi connectivity index (χ0) is 16.2. The van der Waals surface area contributed by atoms with E-state index in [9.17, 15) is 14.3 Å². The van der Waals surface area contributed by atoms with E-state index in [4.69, 9.17) is 9.84 Å². The molecule has 4 saturated carbocycles. The van der Waals surface area contributed by atoms with Gasteiger partial charge in [0.15, 0.2) is 11.5 Å². The first-order chi connectivity index (χ1) is 10.9. The Morgan fingerprint density at radius 3 is 2.26 bits per heavy atom. The van der Waals surface area contributed by atoms with Gasteiger partial charge < -0.3 is 14.9 Å². The Labute approximate surface area is 134 Å². The number of hydrogen-bond acceptors (Lipinski definition) is 3. The fraction of sp³-hybridized carbons (Fsp3) is 0.611. The van der Waals surface area contributed by atoms with Crippen molar-refractivity contribution in [2.24, 2.45) is 23.2 Å². The second-order valence-corrected chi connectivity index (χ2v) is 7.81. The zero-order valence-corrected chi connectivity index (χ0v) is 12.9. The van der Waals surface area contributed by atoms with E-state index in [1.54, 1.807) is 0 Å². The van der Waals surface area contributed by atoms with Crippen LogP contribution in [0.4, 0.5) is 4.39 Å². The van der Waals surface area contributed by atoms with Gasteiger partial charge >= 0.3 is 5.97 Å². The Hall–Kier alpha value is -1.78. The van der Waals surface area contributed by atoms with E-state index < -0.39 is 17.3 Å². The molecule has 2 N–H and O–H groups in total. The average molecular weight is 320 g/mol. The van der Waals surface area contributed by atoms with Gasteiger partial charge in [-0.2, -0.15) is 0 Å². The molecule has 5 rings (SSSR count). The Bertz CT molecular complexity index is 619. The number of carboxylic acid groups (broad SMARTS) is 1. The highest BCUT2D eigenvalue weighted by Gasteiger charge is 2.51. The van der Waals surface area contributed by atoms with Crippen molar-refractivity contribution < 1.29 is 24.1 Å². The Morgan fingerprint density at radius 2 is 1.74 bits per heavy atom. The molecular weight excluding hydrogens is 299 g/mol. The maximum atomic E-state index is 13.8. The van der Waals surface area contributed by atoms with E-state index in [0.29, 0.717) is 6.61 Å². The van der Waals surface area contributed by atoms with Crippen molar-refractivity contribution >= 4 is 5.97 Å². The van der Waals surface area contributed by atoms with Crippen LogP contribution < -0.4 is 4.74 Å². The number of ether oxygens (including phenoxy) is 1. The highest BCUT2D eigenvalue weighted by molar-refractivity contribution is 5.88. The summed E-state index contributed by atoms with van der Waals surface area (Å²) in [7, 11) is 0. The molecule has 4 aliphatic rings. The lowest BCUT2D eigenvalue weighted by Gasteiger charge is -2.56. The molecule has 4 bridgehead atoms. The van der Waals surface area contributed by atoms with Gasteiger partial charge in [0.1, 0.15) is 5.82 Å². The summed E-state index contributed by atoms with van der Waals surface area (Å²) in [5.74, 6) is -0.156. The maximum absolute atomic E-state index is 13.8. The summed E-state index contributed by atoms with van der Waals surface area (Å²) < 4.78 is 19.5. The molecular formula is C18H21FO4. The number of halogens is 1.